The van der Waals surface area contributed by atoms with Crippen LogP contribution in [0.25, 0.3) is 11.4 Å². The number of alkyl halides is 2. The SMILES string of the molecule is Nc1cc(C(F)F)c(-c2nc(N3C4CCCC3COC4)nc(N3C4CCCC3COC4)n2)cn1. The van der Waals surface area contributed by atoms with Gasteiger partial charge >= 0.3 is 0 Å². The van der Waals surface area contributed by atoms with Crippen LogP contribution in [0.15, 0.2) is 12.3 Å². The van der Waals surface area contributed by atoms with Crippen molar-refractivity contribution in [3.63, 3.8) is 0 Å². The molecule has 4 aliphatic heterocycles. The fourth-order valence-corrected chi connectivity index (χ4v) is 5.88. The van der Waals surface area contributed by atoms with Crippen LogP contribution >= 0.6 is 0 Å². The van der Waals surface area contributed by atoms with Crippen LogP contribution in [0.3, 0.4) is 0 Å². The lowest BCUT2D eigenvalue weighted by Crippen LogP contribution is -2.57. The Morgan fingerprint density at radius 2 is 1.32 bits per heavy atom. The van der Waals surface area contributed by atoms with E-state index in [-0.39, 0.29) is 46.9 Å². The van der Waals surface area contributed by atoms with E-state index in [1.165, 1.54) is 12.3 Å². The van der Waals surface area contributed by atoms with Crippen LogP contribution in [0.1, 0.15) is 50.5 Å². The Morgan fingerprint density at radius 1 is 0.824 bits per heavy atom. The topological polar surface area (TPSA) is 103 Å². The second-order valence-electron chi connectivity index (χ2n) is 9.62. The average Bonchev–Trinajstić information content (AvgIpc) is 2.82. The number of pyridine rings is 1. The van der Waals surface area contributed by atoms with Crippen LogP contribution in [0, 0.1) is 0 Å². The second kappa shape index (κ2) is 8.84. The van der Waals surface area contributed by atoms with Gasteiger partial charge in [0.15, 0.2) is 5.82 Å². The Kier molecular flexibility index (Phi) is 5.68. The summed E-state index contributed by atoms with van der Waals surface area (Å²) in [4.78, 5) is 23.0. The smallest absolute Gasteiger partial charge is 0.264 e. The fraction of sp³-hybridized carbons (Fsp3) is 0.652. The predicted octanol–water partition coefficient (Wildman–Crippen LogP) is 2.97. The molecule has 0 radical (unpaired) electrons. The molecule has 0 aliphatic carbocycles. The lowest BCUT2D eigenvalue weighted by molar-refractivity contribution is 0.0437. The Hall–Kier alpha value is -2.66. The van der Waals surface area contributed by atoms with Gasteiger partial charge in [0.25, 0.3) is 6.43 Å². The van der Waals surface area contributed by atoms with E-state index in [0.29, 0.717) is 38.3 Å². The number of nitrogen functional groups attached to an aromatic ring is 1. The monoisotopic (exact) mass is 473 g/mol. The van der Waals surface area contributed by atoms with Gasteiger partial charge in [-0.2, -0.15) is 15.0 Å². The standard InChI is InChI=1S/C23H29F2N7O2/c24-20(25)17-7-19(26)27-8-18(17)21-28-22(31-13-3-1-4-14(31)10-33-9-13)30-23(29-21)32-15-5-2-6-16(32)12-34-11-15/h7-8,13-16,20H,1-6,9-12H2,(H2,26,27). The summed E-state index contributed by atoms with van der Waals surface area (Å²) in [5.41, 5.74) is 5.68. The van der Waals surface area contributed by atoms with Gasteiger partial charge in [-0.05, 0) is 44.6 Å². The van der Waals surface area contributed by atoms with E-state index in [4.69, 9.17) is 30.2 Å². The molecule has 4 atom stereocenters. The summed E-state index contributed by atoms with van der Waals surface area (Å²) in [6.07, 6.45) is 4.83. The molecule has 4 unspecified atom stereocenters. The van der Waals surface area contributed by atoms with Crippen LogP contribution in [-0.2, 0) is 9.47 Å². The maximum Gasteiger partial charge on any atom is 0.264 e. The Balaban J connectivity index is 1.50. The van der Waals surface area contributed by atoms with Gasteiger partial charge in [0.1, 0.15) is 5.82 Å². The Bertz CT molecular complexity index is 964. The maximum absolute atomic E-state index is 14.0. The third-order valence-electron chi connectivity index (χ3n) is 7.47. The molecule has 2 N–H and O–H groups in total. The van der Waals surface area contributed by atoms with Gasteiger partial charge in [0, 0.05) is 17.3 Å². The minimum Gasteiger partial charge on any atom is -0.384 e. The normalized spacial score (nSPS) is 28.9. The van der Waals surface area contributed by atoms with E-state index < -0.39 is 6.43 Å². The highest BCUT2D eigenvalue weighted by Crippen LogP contribution is 2.37. The third kappa shape index (κ3) is 3.84. The van der Waals surface area contributed by atoms with Crippen LogP contribution in [0.4, 0.5) is 26.5 Å². The maximum atomic E-state index is 14.0. The van der Waals surface area contributed by atoms with E-state index >= 15 is 0 Å². The minimum absolute atomic E-state index is 0.0407. The first-order chi connectivity index (χ1) is 16.6. The van der Waals surface area contributed by atoms with Gasteiger partial charge in [-0.1, -0.05) is 0 Å². The number of aromatic nitrogens is 4. The molecule has 34 heavy (non-hydrogen) atoms. The molecule has 6 rings (SSSR count). The van der Waals surface area contributed by atoms with Crippen molar-refractivity contribution >= 4 is 17.7 Å². The summed E-state index contributed by atoms with van der Waals surface area (Å²) in [5, 5.41) is 0. The summed E-state index contributed by atoms with van der Waals surface area (Å²) in [6, 6.07) is 1.87. The number of fused-ring (bicyclic) bond motifs is 4. The highest BCUT2D eigenvalue weighted by Gasteiger charge is 2.40. The Labute approximate surface area is 196 Å². The zero-order chi connectivity index (χ0) is 23.2. The number of rotatable bonds is 4. The molecular formula is C23H29F2N7O2. The molecule has 2 aromatic rings. The first kappa shape index (κ1) is 21.8. The number of halogens is 2. The predicted molar refractivity (Wildman–Crippen MR) is 122 cm³/mol. The number of anilines is 3. The molecule has 0 amide bonds. The van der Waals surface area contributed by atoms with Crippen molar-refractivity contribution in [2.45, 2.75) is 69.1 Å². The van der Waals surface area contributed by atoms with E-state index in [1.807, 2.05) is 0 Å². The minimum atomic E-state index is -2.73. The van der Waals surface area contributed by atoms with E-state index in [9.17, 15) is 8.78 Å². The summed E-state index contributed by atoms with van der Waals surface area (Å²) >= 11 is 0. The molecule has 4 aliphatic rings. The highest BCUT2D eigenvalue weighted by molar-refractivity contribution is 5.64. The van der Waals surface area contributed by atoms with Crippen molar-refractivity contribution in [3.05, 3.63) is 17.8 Å². The number of hydrogen-bond acceptors (Lipinski definition) is 9. The molecule has 0 spiro atoms. The van der Waals surface area contributed by atoms with Crippen molar-refractivity contribution in [1.29, 1.82) is 0 Å². The van der Waals surface area contributed by atoms with E-state index in [1.54, 1.807) is 0 Å². The molecule has 6 heterocycles. The molecule has 4 fully saturated rings. The van der Waals surface area contributed by atoms with Gasteiger partial charge in [-0.15, -0.1) is 0 Å². The molecule has 9 nitrogen and oxygen atoms in total. The third-order valence-corrected chi connectivity index (χ3v) is 7.47. The lowest BCUT2D eigenvalue weighted by Gasteiger charge is -2.47. The summed E-state index contributed by atoms with van der Waals surface area (Å²) < 4.78 is 39.6. The first-order valence-electron chi connectivity index (χ1n) is 12.1. The lowest BCUT2D eigenvalue weighted by atomic mass is 9.94. The zero-order valence-corrected chi connectivity index (χ0v) is 18.9. The molecule has 4 bridgehead atoms. The van der Waals surface area contributed by atoms with Crippen molar-refractivity contribution in [3.8, 4) is 11.4 Å². The molecule has 182 valence electrons. The molecule has 0 aromatic carbocycles. The van der Waals surface area contributed by atoms with Gasteiger partial charge in [-0.25, -0.2) is 13.8 Å². The van der Waals surface area contributed by atoms with Crippen LogP contribution < -0.4 is 15.5 Å². The molecule has 4 saturated heterocycles. The molecule has 0 saturated carbocycles. The summed E-state index contributed by atoms with van der Waals surface area (Å²) in [7, 11) is 0. The average molecular weight is 474 g/mol. The van der Waals surface area contributed by atoms with Crippen LogP contribution in [0.2, 0.25) is 0 Å². The number of nitrogens with zero attached hydrogens (tertiary/aromatic N) is 6. The number of nitrogens with two attached hydrogens (primary N) is 1. The van der Waals surface area contributed by atoms with Crippen LogP contribution in [-0.4, -0.2) is 70.5 Å². The van der Waals surface area contributed by atoms with Crippen LogP contribution in [0.5, 0.6) is 0 Å². The van der Waals surface area contributed by atoms with Gasteiger partial charge in [-0.3, -0.25) is 0 Å². The largest absolute Gasteiger partial charge is 0.384 e. The van der Waals surface area contributed by atoms with Crippen molar-refractivity contribution in [1.82, 2.24) is 19.9 Å². The van der Waals surface area contributed by atoms with Gasteiger partial charge in [0.05, 0.1) is 50.6 Å². The first-order valence-corrected chi connectivity index (χ1v) is 12.1. The molecule has 11 heteroatoms. The summed E-state index contributed by atoms with van der Waals surface area (Å²) in [6.45, 7) is 2.45. The molecular weight excluding hydrogens is 444 g/mol. The van der Waals surface area contributed by atoms with Crippen molar-refractivity contribution in [2.75, 3.05) is 42.0 Å². The van der Waals surface area contributed by atoms with Crippen molar-refractivity contribution < 1.29 is 18.3 Å². The zero-order valence-electron chi connectivity index (χ0n) is 18.9. The van der Waals surface area contributed by atoms with E-state index in [0.717, 1.165) is 38.5 Å². The number of morpholine rings is 2. The van der Waals surface area contributed by atoms with Gasteiger partial charge < -0.3 is 25.0 Å². The number of ether oxygens (including phenoxy) is 2. The van der Waals surface area contributed by atoms with E-state index in [2.05, 4.69) is 14.8 Å². The van der Waals surface area contributed by atoms with Crippen molar-refractivity contribution in [2.24, 2.45) is 0 Å². The number of hydrogen-bond donors (Lipinski definition) is 1. The highest BCUT2D eigenvalue weighted by atomic mass is 19.3. The van der Waals surface area contributed by atoms with Gasteiger partial charge in [0.2, 0.25) is 11.9 Å². The second-order valence-corrected chi connectivity index (χ2v) is 9.62. The molecule has 2 aromatic heterocycles. The fourth-order valence-electron chi connectivity index (χ4n) is 5.88. The number of piperidine rings is 2. The quantitative estimate of drug-likeness (QED) is 0.718. The summed E-state index contributed by atoms with van der Waals surface area (Å²) in [5.74, 6) is 1.30. The Morgan fingerprint density at radius 3 is 1.79 bits per heavy atom.